The second-order valence-electron chi connectivity index (χ2n) is 8.75. The highest BCUT2D eigenvalue weighted by Crippen LogP contribution is 2.56. The van der Waals surface area contributed by atoms with Crippen molar-refractivity contribution in [1.82, 2.24) is 4.98 Å². The minimum atomic E-state index is -0.301. The summed E-state index contributed by atoms with van der Waals surface area (Å²) in [6.07, 6.45) is 11.5. The van der Waals surface area contributed by atoms with E-state index in [1.807, 2.05) is 12.1 Å². The molecular formula is C20H27N3O2. The van der Waals surface area contributed by atoms with E-state index in [-0.39, 0.29) is 17.6 Å². The molecule has 1 aliphatic heterocycles. The van der Waals surface area contributed by atoms with Crippen molar-refractivity contribution in [2.75, 3.05) is 17.2 Å². The quantitative estimate of drug-likeness (QED) is 0.879. The van der Waals surface area contributed by atoms with E-state index in [0.29, 0.717) is 6.61 Å². The number of hydrogen-bond acceptors (Lipinski definition) is 4. The van der Waals surface area contributed by atoms with Gasteiger partial charge in [0.1, 0.15) is 11.9 Å². The molecule has 1 amide bonds. The summed E-state index contributed by atoms with van der Waals surface area (Å²) in [5.41, 5.74) is 1.01. The number of hydrogen-bond donors (Lipinski definition) is 2. The van der Waals surface area contributed by atoms with E-state index in [4.69, 9.17) is 4.74 Å². The summed E-state index contributed by atoms with van der Waals surface area (Å²) in [5.74, 6) is 3.65. The van der Waals surface area contributed by atoms with Crippen molar-refractivity contribution in [1.29, 1.82) is 0 Å². The molecule has 6 rings (SSSR count). The first-order valence-electron chi connectivity index (χ1n) is 9.84. The van der Waals surface area contributed by atoms with Gasteiger partial charge in [0.25, 0.3) is 5.91 Å². The molecule has 0 spiro atoms. The zero-order chi connectivity index (χ0) is 16.9. The van der Waals surface area contributed by atoms with Crippen molar-refractivity contribution in [3.8, 4) is 0 Å². The molecule has 2 heterocycles. The van der Waals surface area contributed by atoms with Crippen molar-refractivity contribution in [2.24, 2.45) is 17.8 Å². The van der Waals surface area contributed by atoms with Crippen LogP contribution in [0.5, 0.6) is 0 Å². The Morgan fingerprint density at radius 3 is 2.40 bits per heavy atom. The van der Waals surface area contributed by atoms with Crippen LogP contribution in [0, 0.1) is 17.8 Å². The zero-order valence-corrected chi connectivity index (χ0v) is 14.7. The van der Waals surface area contributed by atoms with Crippen LogP contribution in [-0.2, 0) is 9.53 Å². The predicted octanol–water partition coefficient (Wildman–Crippen LogP) is 3.58. The molecule has 5 aliphatic rings. The van der Waals surface area contributed by atoms with E-state index in [0.717, 1.165) is 42.1 Å². The molecule has 1 atom stereocenters. The molecular weight excluding hydrogens is 314 g/mol. The average Bonchev–Trinajstić information content (AvgIpc) is 3.10. The number of nitrogens with one attached hydrogen (secondary N) is 2. The third-order valence-electron chi connectivity index (χ3n) is 6.68. The number of aromatic nitrogens is 1. The molecule has 1 aromatic heterocycles. The highest BCUT2D eigenvalue weighted by molar-refractivity contribution is 5.94. The van der Waals surface area contributed by atoms with Crippen LogP contribution in [0.1, 0.15) is 51.4 Å². The normalized spacial score (nSPS) is 38.7. The van der Waals surface area contributed by atoms with Crippen LogP contribution >= 0.6 is 0 Å². The van der Waals surface area contributed by atoms with Crippen molar-refractivity contribution in [2.45, 2.75) is 63.0 Å². The van der Waals surface area contributed by atoms with Crippen molar-refractivity contribution in [3.63, 3.8) is 0 Å². The van der Waals surface area contributed by atoms with Crippen LogP contribution in [0.15, 0.2) is 18.3 Å². The van der Waals surface area contributed by atoms with E-state index in [1.54, 1.807) is 6.20 Å². The topological polar surface area (TPSA) is 63.2 Å². The number of anilines is 2. The van der Waals surface area contributed by atoms with E-state index in [9.17, 15) is 4.79 Å². The molecule has 5 fully saturated rings. The Morgan fingerprint density at radius 2 is 1.84 bits per heavy atom. The lowest BCUT2D eigenvalue weighted by atomic mass is 9.53. The number of rotatable bonds is 4. The molecule has 134 valence electrons. The fourth-order valence-electron chi connectivity index (χ4n) is 6.08. The zero-order valence-electron chi connectivity index (χ0n) is 14.7. The van der Waals surface area contributed by atoms with Crippen molar-refractivity contribution < 1.29 is 9.53 Å². The van der Waals surface area contributed by atoms with Crippen LogP contribution < -0.4 is 10.6 Å². The third-order valence-corrected chi connectivity index (χ3v) is 6.68. The van der Waals surface area contributed by atoms with Crippen LogP contribution in [-0.4, -0.2) is 29.1 Å². The van der Waals surface area contributed by atoms with Gasteiger partial charge in [0.15, 0.2) is 0 Å². The van der Waals surface area contributed by atoms with Crippen LogP contribution in [0.25, 0.3) is 0 Å². The maximum absolute atomic E-state index is 12.1. The number of carbonyl (C=O) groups is 1. The summed E-state index contributed by atoms with van der Waals surface area (Å²) in [5, 5.41) is 6.69. The number of amides is 1. The van der Waals surface area contributed by atoms with Crippen molar-refractivity contribution >= 4 is 17.4 Å². The molecule has 2 N–H and O–H groups in total. The fraction of sp³-hybridized carbons (Fsp3) is 0.700. The molecule has 5 heteroatoms. The second-order valence-corrected chi connectivity index (χ2v) is 8.75. The van der Waals surface area contributed by atoms with Gasteiger partial charge in [-0.2, -0.15) is 0 Å². The largest absolute Gasteiger partial charge is 0.368 e. The van der Waals surface area contributed by atoms with Crippen LogP contribution in [0.2, 0.25) is 0 Å². The Labute approximate surface area is 148 Å². The molecule has 4 saturated carbocycles. The Balaban J connectivity index is 1.24. The molecule has 0 aromatic carbocycles. The Bertz CT molecular complexity index is 616. The SMILES string of the molecule is O=C(Nc1ccc(NC23CC4CC(CC(C4)C2)C3)nc1)C1CCCO1. The highest BCUT2D eigenvalue weighted by Gasteiger charge is 2.51. The molecule has 1 saturated heterocycles. The Kier molecular flexibility index (Phi) is 3.73. The maximum atomic E-state index is 12.1. The average molecular weight is 341 g/mol. The second kappa shape index (κ2) is 5.97. The summed E-state index contributed by atoms with van der Waals surface area (Å²) in [7, 11) is 0. The summed E-state index contributed by atoms with van der Waals surface area (Å²) < 4.78 is 5.42. The standard InChI is InChI=1S/C20H27N3O2/c24-19(17-2-1-5-25-17)22-16-3-4-18(21-12-16)23-20-9-13-6-14(10-20)8-15(7-13)11-20/h3-4,12-15,17H,1-2,5-11H2,(H,21,23)(H,22,24). The van der Waals surface area contributed by atoms with Gasteiger partial charge in [-0.1, -0.05) is 0 Å². The smallest absolute Gasteiger partial charge is 0.253 e. The van der Waals surface area contributed by atoms with Gasteiger partial charge in [0.2, 0.25) is 0 Å². The van der Waals surface area contributed by atoms with E-state index < -0.39 is 0 Å². The van der Waals surface area contributed by atoms with Gasteiger partial charge in [0, 0.05) is 12.1 Å². The first-order chi connectivity index (χ1) is 12.2. The van der Waals surface area contributed by atoms with Gasteiger partial charge >= 0.3 is 0 Å². The molecule has 4 bridgehead atoms. The van der Waals surface area contributed by atoms with E-state index >= 15 is 0 Å². The minimum Gasteiger partial charge on any atom is -0.368 e. The van der Waals surface area contributed by atoms with E-state index in [2.05, 4.69) is 15.6 Å². The van der Waals surface area contributed by atoms with Gasteiger partial charge in [-0.05, 0) is 81.3 Å². The lowest BCUT2D eigenvalue weighted by Crippen LogP contribution is -2.54. The van der Waals surface area contributed by atoms with Gasteiger partial charge < -0.3 is 15.4 Å². The Hall–Kier alpha value is -1.62. The number of ether oxygens (including phenoxy) is 1. The molecule has 25 heavy (non-hydrogen) atoms. The van der Waals surface area contributed by atoms with Crippen LogP contribution in [0.3, 0.4) is 0 Å². The van der Waals surface area contributed by atoms with Crippen molar-refractivity contribution in [3.05, 3.63) is 18.3 Å². The van der Waals surface area contributed by atoms with Gasteiger partial charge in [-0.25, -0.2) is 4.98 Å². The van der Waals surface area contributed by atoms with E-state index in [1.165, 1.54) is 38.5 Å². The maximum Gasteiger partial charge on any atom is 0.253 e. The number of nitrogens with zero attached hydrogens (tertiary/aromatic N) is 1. The van der Waals surface area contributed by atoms with Gasteiger partial charge in [-0.3, -0.25) is 4.79 Å². The van der Waals surface area contributed by atoms with Crippen LogP contribution in [0.4, 0.5) is 11.5 Å². The number of pyridine rings is 1. The molecule has 1 aromatic rings. The lowest BCUT2D eigenvalue weighted by Gasteiger charge is -2.57. The first-order valence-corrected chi connectivity index (χ1v) is 9.84. The summed E-state index contributed by atoms with van der Waals surface area (Å²) in [6, 6.07) is 3.95. The molecule has 0 radical (unpaired) electrons. The summed E-state index contributed by atoms with van der Waals surface area (Å²) in [6.45, 7) is 0.685. The number of carbonyl (C=O) groups excluding carboxylic acids is 1. The Morgan fingerprint density at radius 1 is 1.12 bits per heavy atom. The fourth-order valence-corrected chi connectivity index (χ4v) is 6.08. The molecule has 4 aliphatic carbocycles. The van der Waals surface area contributed by atoms with Gasteiger partial charge in [-0.15, -0.1) is 0 Å². The lowest BCUT2D eigenvalue weighted by molar-refractivity contribution is -0.124. The predicted molar refractivity (Wildman–Crippen MR) is 96.4 cm³/mol. The van der Waals surface area contributed by atoms with Gasteiger partial charge in [0.05, 0.1) is 11.9 Å². The first kappa shape index (κ1) is 15.6. The molecule has 1 unspecified atom stereocenters. The summed E-state index contributed by atoms with van der Waals surface area (Å²) in [4.78, 5) is 16.7. The monoisotopic (exact) mass is 341 g/mol. The molecule has 5 nitrogen and oxygen atoms in total. The third kappa shape index (κ3) is 3.03. The summed E-state index contributed by atoms with van der Waals surface area (Å²) >= 11 is 0. The minimum absolute atomic E-state index is 0.0545. The highest BCUT2D eigenvalue weighted by atomic mass is 16.5.